The summed E-state index contributed by atoms with van der Waals surface area (Å²) in [5, 5.41) is 3.05. The lowest BCUT2D eigenvalue weighted by Crippen LogP contribution is -2.33. The fourth-order valence-corrected chi connectivity index (χ4v) is 2.91. The molecule has 0 saturated heterocycles. The molecule has 1 aliphatic rings. The van der Waals surface area contributed by atoms with Gasteiger partial charge in [-0.05, 0) is 32.0 Å². The Morgan fingerprint density at radius 1 is 1.31 bits per heavy atom. The van der Waals surface area contributed by atoms with Crippen molar-refractivity contribution in [3.8, 4) is 11.4 Å². The van der Waals surface area contributed by atoms with Crippen LogP contribution in [0.3, 0.4) is 0 Å². The summed E-state index contributed by atoms with van der Waals surface area (Å²) in [4.78, 5) is 15.0. The van der Waals surface area contributed by atoms with E-state index in [1.165, 1.54) is 6.07 Å². The van der Waals surface area contributed by atoms with Gasteiger partial charge in [0.15, 0.2) is 11.6 Å². The molecule has 0 radical (unpaired) electrons. The van der Waals surface area contributed by atoms with Crippen molar-refractivity contribution in [3.63, 3.8) is 0 Å². The number of hydrogen-bond acceptors (Lipinski definition) is 6. The van der Waals surface area contributed by atoms with Crippen LogP contribution in [-0.4, -0.2) is 39.2 Å². The lowest BCUT2D eigenvalue weighted by molar-refractivity contribution is 0.304. The zero-order chi connectivity index (χ0) is 18.1. The van der Waals surface area contributed by atoms with E-state index in [-0.39, 0.29) is 5.82 Å². The summed E-state index contributed by atoms with van der Waals surface area (Å²) >= 11 is 0. The van der Waals surface area contributed by atoms with E-state index in [4.69, 9.17) is 4.74 Å². The Kier molecular flexibility index (Phi) is 4.16. The lowest BCUT2D eigenvalue weighted by Gasteiger charge is -2.28. The molecular formula is C18H19FN6O. The molecule has 2 aromatic heterocycles. The number of nitrogens with zero attached hydrogens (tertiary/aromatic N) is 5. The smallest absolute Gasteiger partial charge is 0.229 e. The summed E-state index contributed by atoms with van der Waals surface area (Å²) in [5.41, 5.74) is 1.84. The van der Waals surface area contributed by atoms with E-state index in [0.717, 1.165) is 24.6 Å². The minimum Gasteiger partial charge on any atom is -0.486 e. The van der Waals surface area contributed by atoms with Crippen LogP contribution in [0.2, 0.25) is 0 Å². The van der Waals surface area contributed by atoms with Crippen molar-refractivity contribution >= 4 is 17.5 Å². The zero-order valence-electron chi connectivity index (χ0n) is 14.6. The van der Waals surface area contributed by atoms with E-state index >= 15 is 0 Å². The van der Waals surface area contributed by atoms with Gasteiger partial charge in [0.05, 0.1) is 30.5 Å². The first-order valence-electron chi connectivity index (χ1n) is 8.46. The number of anilines is 3. The Hall–Kier alpha value is -3.16. The molecule has 4 rings (SSSR count). The van der Waals surface area contributed by atoms with E-state index in [9.17, 15) is 4.39 Å². The number of nitrogens with one attached hydrogen (secondary N) is 1. The largest absolute Gasteiger partial charge is 0.486 e. The third-order valence-corrected chi connectivity index (χ3v) is 4.23. The quantitative estimate of drug-likeness (QED) is 0.777. The molecule has 134 valence electrons. The van der Waals surface area contributed by atoms with E-state index < -0.39 is 0 Å². The SMILES string of the molecule is CCN1CCOc2cnc(Nc3ccc(-n4cnc(C)c4)c(F)c3)nc21. The lowest BCUT2D eigenvalue weighted by atomic mass is 10.2. The molecule has 0 unspecified atom stereocenters. The standard InChI is InChI=1S/C18H19FN6O/c1-3-24-6-7-26-16-9-20-18(23-17(16)24)22-13-4-5-15(14(19)8-13)25-10-12(2)21-11-25/h4-5,8-11H,3,6-7H2,1-2H3,(H,20,22,23). The maximum atomic E-state index is 14.5. The second-order valence-corrected chi connectivity index (χ2v) is 6.02. The number of ether oxygens (including phenoxy) is 1. The van der Waals surface area contributed by atoms with Gasteiger partial charge >= 0.3 is 0 Å². The molecule has 0 atom stereocenters. The number of imidazole rings is 1. The van der Waals surface area contributed by atoms with Gasteiger partial charge in [0, 0.05) is 18.4 Å². The van der Waals surface area contributed by atoms with Crippen LogP contribution in [0.15, 0.2) is 36.9 Å². The van der Waals surface area contributed by atoms with Gasteiger partial charge in [0.1, 0.15) is 12.4 Å². The van der Waals surface area contributed by atoms with E-state index in [1.54, 1.807) is 35.4 Å². The normalized spacial score (nSPS) is 13.3. The van der Waals surface area contributed by atoms with Crippen molar-refractivity contribution in [1.82, 2.24) is 19.5 Å². The summed E-state index contributed by atoms with van der Waals surface area (Å²) < 4.78 is 21.7. The molecule has 26 heavy (non-hydrogen) atoms. The van der Waals surface area contributed by atoms with Crippen LogP contribution >= 0.6 is 0 Å². The van der Waals surface area contributed by atoms with Gasteiger partial charge in [0.2, 0.25) is 5.95 Å². The molecule has 7 nitrogen and oxygen atoms in total. The van der Waals surface area contributed by atoms with Crippen LogP contribution in [0, 0.1) is 12.7 Å². The highest BCUT2D eigenvalue weighted by molar-refractivity contribution is 5.61. The molecule has 0 bridgehead atoms. The first-order chi connectivity index (χ1) is 12.6. The highest BCUT2D eigenvalue weighted by Gasteiger charge is 2.19. The molecule has 8 heteroatoms. The molecule has 1 N–H and O–H groups in total. The van der Waals surface area contributed by atoms with Gasteiger partial charge in [0.25, 0.3) is 0 Å². The van der Waals surface area contributed by atoms with Crippen LogP contribution in [0.5, 0.6) is 5.75 Å². The minimum absolute atomic E-state index is 0.358. The first kappa shape index (κ1) is 16.3. The average Bonchev–Trinajstić information content (AvgIpc) is 3.07. The first-order valence-corrected chi connectivity index (χ1v) is 8.46. The molecule has 3 heterocycles. The molecule has 3 aromatic rings. The number of hydrogen-bond donors (Lipinski definition) is 1. The second-order valence-electron chi connectivity index (χ2n) is 6.02. The summed E-state index contributed by atoms with van der Waals surface area (Å²) in [5.74, 6) is 1.46. The number of likely N-dealkylation sites (N-methyl/N-ethyl adjacent to an activating group) is 1. The van der Waals surface area contributed by atoms with Crippen molar-refractivity contribution in [2.45, 2.75) is 13.8 Å². The van der Waals surface area contributed by atoms with Crippen LogP contribution < -0.4 is 15.0 Å². The summed E-state index contributed by atoms with van der Waals surface area (Å²) in [6.45, 7) is 6.17. The van der Waals surface area contributed by atoms with E-state index in [0.29, 0.717) is 29.7 Å². The third-order valence-electron chi connectivity index (χ3n) is 4.23. The average molecular weight is 354 g/mol. The highest BCUT2D eigenvalue weighted by Crippen LogP contribution is 2.30. The van der Waals surface area contributed by atoms with Gasteiger partial charge in [-0.15, -0.1) is 0 Å². The van der Waals surface area contributed by atoms with E-state index in [2.05, 4.69) is 32.1 Å². The van der Waals surface area contributed by atoms with Crippen LogP contribution in [-0.2, 0) is 0 Å². The summed E-state index contributed by atoms with van der Waals surface area (Å²) in [6, 6.07) is 4.89. The van der Waals surface area contributed by atoms with Gasteiger partial charge in [-0.2, -0.15) is 4.98 Å². The Morgan fingerprint density at radius 2 is 2.19 bits per heavy atom. The number of aromatic nitrogens is 4. The molecule has 0 fully saturated rings. The van der Waals surface area contributed by atoms with Crippen molar-refractivity contribution in [2.75, 3.05) is 29.9 Å². The van der Waals surface area contributed by atoms with Crippen molar-refractivity contribution in [3.05, 3.63) is 48.4 Å². The second kappa shape index (κ2) is 6.62. The van der Waals surface area contributed by atoms with Crippen LogP contribution in [0.1, 0.15) is 12.6 Å². The number of halogens is 1. The molecule has 1 aliphatic heterocycles. The van der Waals surface area contributed by atoms with Gasteiger partial charge in [-0.3, -0.25) is 0 Å². The van der Waals surface area contributed by atoms with Crippen LogP contribution in [0.25, 0.3) is 5.69 Å². The van der Waals surface area contributed by atoms with Crippen molar-refractivity contribution in [2.24, 2.45) is 0 Å². The summed E-state index contributed by atoms with van der Waals surface area (Å²) in [6.07, 6.45) is 5.01. The molecular weight excluding hydrogens is 335 g/mol. The van der Waals surface area contributed by atoms with Crippen molar-refractivity contribution < 1.29 is 9.13 Å². The van der Waals surface area contributed by atoms with Gasteiger partial charge < -0.3 is 19.5 Å². The molecule has 0 spiro atoms. The Labute approximate surface area is 150 Å². The predicted molar refractivity (Wildman–Crippen MR) is 97.0 cm³/mol. The fraction of sp³-hybridized carbons (Fsp3) is 0.278. The van der Waals surface area contributed by atoms with Gasteiger partial charge in [-0.25, -0.2) is 14.4 Å². The monoisotopic (exact) mass is 354 g/mol. The van der Waals surface area contributed by atoms with E-state index in [1.807, 2.05) is 6.92 Å². The molecule has 0 amide bonds. The predicted octanol–water partition coefficient (Wildman–Crippen LogP) is 3.07. The summed E-state index contributed by atoms with van der Waals surface area (Å²) in [7, 11) is 0. The Bertz CT molecular complexity index is 941. The Morgan fingerprint density at radius 3 is 2.92 bits per heavy atom. The highest BCUT2D eigenvalue weighted by atomic mass is 19.1. The van der Waals surface area contributed by atoms with Crippen molar-refractivity contribution in [1.29, 1.82) is 0 Å². The van der Waals surface area contributed by atoms with Crippen LogP contribution in [0.4, 0.5) is 21.8 Å². The molecule has 0 saturated carbocycles. The maximum absolute atomic E-state index is 14.5. The topological polar surface area (TPSA) is 68.1 Å². The number of rotatable bonds is 4. The Balaban J connectivity index is 1.59. The fourth-order valence-electron chi connectivity index (χ4n) is 2.91. The molecule has 1 aromatic carbocycles. The maximum Gasteiger partial charge on any atom is 0.229 e. The number of aryl methyl sites for hydroxylation is 1. The zero-order valence-corrected chi connectivity index (χ0v) is 14.6. The minimum atomic E-state index is -0.358. The van der Waals surface area contributed by atoms with Gasteiger partial charge in [-0.1, -0.05) is 0 Å². The molecule has 0 aliphatic carbocycles. The number of benzene rings is 1. The number of fused-ring (bicyclic) bond motifs is 1. The third kappa shape index (κ3) is 3.05.